The van der Waals surface area contributed by atoms with Gasteiger partial charge in [-0.25, -0.2) is 4.79 Å². The fraction of sp³-hybridized carbons (Fsp3) is 0.0714. The van der Waals surface area contributed by atoms with Crippen molar-refractivity contribution >= 4 is 6.09 Å². The molecular weight excluding hydrogens is 214 g/mol. The molecule has 2 N–H and O–H groups in total. The van der Waals surface area contributed by atoms with Crippen LogP contribution in [0.1, 0.15) is 5.56 Å². The summed E-state index contributed by atoms with van der Waals surface area (Å²) in [6.07, 6.45) is -1.01. The van der Waals surface area contributed by atoms with Crippen molar-refractivity contribution in [1.82, 2.24) is 5.32 Å². The van der Waals surface area contributed by atoms with Gasteiger partial charge in [0.05, 0.1) is 0 Å². The number of hydrogen-bond acceptors (Lipinski definition) is 1. The Labute approximate surface area is 99.7 Å². The van der Waals surface area contributed by atoms with Crippen molar-refractivity contribution in [3.05, 3.63) is 60.2 Å². The maximum atomic E-state index is 10.5. The molecule has 3 heteroatoms. The third kappa shape index (κ3) is 2.84. The Balaban J connectivity index is 2.31. The summed E-state index contributed by atoms with van der Waals surface area (Å²) in [5.74, 6) is 0. The molecule has 86 valence electrons. The van der Waals surface area contributed by atoms with Crippen LogP contribution in [0.4, 0.5) is 4.79 Å². The van der Waals surface area contributed by atoms with Crippen LogP contribution in [0, 0.1) is 0 Å². The van der Waals surface area contributed by atoms with Crippen molar-refractivity contribution in [2.45, 2.75) is 6.54 Å². The molecule has 0 radical (unpaired) electrons. The molecule has 0 spiro atoms. The van der Waals surface area contributed by atoms with Crippen LogP contribution in [-0.2, 0) is 6.54 Å². The molecule has 0 saturated carbocycles. The Kier molecular flexibility index (Phi) is 3.40. The Morgan fingerprint density at radius 2 is 1.65 bits per heavy atom. The number of amides is 1. The molecule has 2 rings (SSSR count). The highest BCUT2D eigenvalue weighted by molar-refractivity contribution is 5.69. The van der Waals surface area contributed by atoms with Gasteiger partial charge in [0.1, 0.15) is 0 Å². The van der Waals surface area contributed by atoms with Gasteiger partial charge in [-0.1, -0.05) is 54.6 Å². The molecule has 3 nitrogen and oxygen atoms in total. The molecule has 0 aromatic heterocycles. The van der Waals surface area contributed by atoms with Crippen molar-refractivity contribution in [2.75, 3.05) is 0 Å². The first-order valence-corrected chi connectivity index (χ1v) is 5.37. The van der Waals surface area contributed by atoms with Gasteiger partial charge in [-0.15, -0.1) is 0 Å². The van der Waals surface area contributed by atoms with Crippen molar-refractivity contribution in [3.8, 4) is 11.1 Å². The van der Waals surface area contributed by atoms with Gasteiger partial charge in [-0.2, -0.15) is 0 Å². The standard InChI is InChI=1S/C14H13NO2/c16-14(17)15-10-12-8-4-5-9-13(12)11-6-2-1-3-7-11/h1-9,15H,10H2,(H,16,17). The second-order valence-corrected chi connectivity index (χ2v) is 3.68. The smallest absolute Gasteiger partial charge is 0.404 e. The first-order valence-electron chi connectivity index (χ1n) is 5.37. The summed E-state index contributed by atoms with van der Waals surface area (Å²) in [6, 6.07) is 17.7. The molecule has 0 saturated heterocycles. The van der Waals surface area contributed by atoms with Crippen LogP contribution < -0.4 is 5.32 Å². The molecule has 0 fully saturated rings. The van der Waals surface area contributed by atoms with Gasteiger partial charge < -0.3 is 10.4 Å². The summed E-state index contributed by atoms with van der Waals surface area (Å²) < 4.78 is 0. The van der Waals surface area contributed by atoms with Crippen molar-refractivity contribution < 1.29 is 9.90 Å². The molecular formula is C14H13NO2. The van der Waals surface area contributed by atoms with Gasteiger partial charge in [-0.05, 0) is 16.7 Å². The summed E-state index contributed by atoms with van der Waals surface area (Å²) in [4.78, 5) is 10.5. The number of rotatable bonds is 3. The van der Waals surface area contributed by atoms with Gasteiger partial charge in [-0.3, -0.25) is 0 Å². The number of nitrogens with one attached hydrogen (secondary N) is 1. The average molecular weight is 227 g/mol. The van der Waals surface area contributed by atoms with Crippen LogP contribution >= 0.6 is 0 Å². The topological polar surface area (TPSA) is 49.3 Å². The van der Waals surface area contributed by atoms with Crippen molar-refractivity contribution in [2.24, 2.45) is 0 Å². The lowest BCUT2D eigenvalue weighted by Crippen LogP contribution is -2.20. The Morgan fingerprint density at radius 3 is 2.35 bits per heavy atom. The third-order valence-corrected chi connectivity index (χ3v) is 2.53. The first kappa shape index (κ1) is 11.2. The van der Waals surface area contributed by atoms with E-state index in [4.69, 9.17) is 5.11 Å². The molecule has 2 aromatic carbocycles. The largest absolute Gasteiger partial charge is 0.465 e. The second-order valence-electron chi connectivity index (χ2n) is 3.68. The van der Waals surface area contributed by atoms with Gasteiger partial charge in [0.15, 0.2) is 0 Å². The SMILES string of the molecule is O=C(O)NCc1ccccc1-c1ccccc1. The Morgan fingerprint density at radius 1 is 1.00 bits per heavy atom. The average Bonchev–Trinajstić information content (AvgIpc) is 2.38. The Hall–Kier alpha value is -2.29. The quantitative estimate of drug-likeness (QED) is 0.846. The zero-order valence-electron chi connectivity index (χ0n) is 9.26. The van der Waals surface area contributed by atoms with Gasteiger partial charge in [0.25, 0.3) is 0 Å². The van der Waals surface area contributed by atoms with E-state index in [2.05, 4.69) is 5.32 Å². The van der Waals surface area contributed by atoms with Crippen LogP contribution in [0.15, 0.2) is 54.6 Å². The zero-order chi connectivity index (χ0) is 12.1. The first-order chi connectivity index (χ1) is 8.27. The summed E-state index contributed by atoms with van der Waals surface area (Å²) in [7, 11) is 0. The minimum Gasteiger partial charge on any atom is -0.465 e. The fourth-order valence-electron chi connectivity index (χ4n) is 1.74. The lowest BCUT2D eigenvalue weighted by molar-refractivity contribution is 0.194. The minimum absolute atomic E-state index is 0.320. The predicted molar refractivity (Wildman–Crippen MR) is 66.7 cm³/mol. The summed E-state index contributed by atoms with van der Waals surface area (Å²) in [5.41, 5.74) is 3.12. The maximum Gasteiger partial charge on any atom is 0.404 e. The van der Waals surface area contributed by atoms with E-state index in [-0.39, 0.29) is 0 Å². The van der Waals surface area contributed by atoms with Gasteiger partial charge >= 0.3 is 6.09 Å². The highest BCUT2D eigenvalue weighted by Crippen LogP contribution is 2.23. The van der Waals surface area contributed by atoms with Crippen LogP contribution in [0.5, 0.6) is 0 Å². The second kappa shape index (κ2) is 5.16. The number of benzene rings is 2. The molecule has 0 unspecified atom stereocenters. The van der Waals surface area contributed by atoms with Crippen LogP contribution in [-0.4, -0.2) is 11.2 Å². The molecule has 0 aliphatic heterocycles. The normalized spacial score (nSPS) is 9.88. The van der Waals surface area contributed by atoms with E-state index in [1.165, 1.54) is 0 Å². The van der Waals surface area contributed by atoms with E-state index in [0.717, 1.165) is 16.7 Å². The summed E-state index contributed by atoms with van der Waals surface area (Å²) in [6.45, 7) is 0.320. The maximum absolute atomic E-state index is 10.5. The van der Waals surface area contributed by atoms with Crippen molar-refractivity contribution in [1.29, 1.82) is 0 Å². The fourth-order valence-corrected chi connectivity index (χ4v) is 1.74. The molecule has 0 atom stereocenters. The van der Waals surface area contributed by atoms with Gasteiger partial charge in [0.2, 0.25) is 0 Å². The number of carboxylic acid groups (broad SMARTS) is 1. The summed E-state index contributed by atoms with van der Waals surface area (Å²) in [5, 5.41) is 11.0. The molecule has 0 aliphatic carbocycles. The molecule has 17 heavy (non-hydrogen) atoms. The number of hydrogen-bond donors (Lipinski definition) is 2. The lowest BCUT2D eigenvalue weighted by atomic mass is 10.00. The van der Waals surface area contributed by atoms with E-state index in [1.54, 1.807) is 0 Å². The molecule has 0 aliphatic rings. The molecule has 0 bridgehead atoms. The van der Waals surface area contributed by atoms with E-state index in [0.29, 0.717) is 6.54 Å². The minimum atomic E-state index is -1.01. The zero-order valence-corrected chi connectivity index (χ0v) is 9.26. The molecule has 2 aromatic rings. The van der Waals surface area contributed by atoms with E-state index in [9.17, 15) is 4.79 Å². The van der Waals surface area contributed by atoms with Crippen LogP contribution in [0.3, 0.4) is 0 Å². The van der Waals surface area contributed by atoms with Crippen molar-refractivity contribution in [3.63, 3.8) is 0 Å². The third-order valence-electron chi connectivity index (χ3n) is 2.53. The van der Waals surface area contributed by atoms with Crippen LogP contribution in [0.2, 0.25) is 0 Å². The predicted octanol–water partition coefficient (Wildman–Crippen LogP) is 3.12. The van der Waals surface area contributed by atoms with E-state index in [1.807, 2.05) is 54.6 Å². The highest BCUT2D eigenvalue weighted by atomic mass is 16.4. The monoisotopic (exact) mass is 227 g/mol. The van der Waals surface area contributed by atoms with E-state index < -0.39 is 6.09 Å². The number of carbonyl (C=O) groups is 1. The summed E-state index contributed by atoms with van der Waals surface area (Å²) >= 11 is 0. The Bertz CT molecular complexity index is 509. The van der Waals surface area contributed by atoms with Gasteiger partial charge in [0, 0.05) is 6.54 Å². The van der Waals surface area contributed by atoms with Crippen LogP contribution in [0.25, 0.3) is 11.1 Å². The van der Waals surface area contributed by atoms with E-state index >= 15 is 0 Å². The molecule has 0 heterocycles. The molecule has 1 amide bonds. The lowest BCUT2D eigenvalue weighted by Gasteiger charge is -2.09. The highest BCUT2D eigenvalue weighted by Gasteiger charge is 2.04.